The van der Waals surface area contributed by atoms with Gasteiger partial charge >= 0.3 is 0 Å². The number of para-hydroxylation sites is 2. The Balaban J connectivity index is 0.947. The molecule has 0 N–H and O–H groups in total. The van der Waals surface area contributed by atoms with E-state index in [2.05, 4.69) is 200 Å². The van der Waals surface area contributed by atoms with Crippen LogP contribution in [0.4, 0.5) is 34.1 Å². The first kappa shape index (κ1) is 53.4. The number of fused-ring (bicyclic) bond motifs is 3. The second-order valence-electron chi connectivity index (χ2n) is 25.1. The third kappa shape index (κ3) is 10.1. The van der Waals surface area contributed by atoms with E-state index < -0.39 is 0 Å². The fraction of sp³-hybridized carbons (Fsp3) is 0.342. The van der Waals surface area contributed by atoms with Gasteiger partial charge < -0.3 is 19.0 Å². The zero-order valence-corrected chi connectivity index (χ0v) is 49.4. The third-order valence-corrected chi connectivity index (χ3v) is 20.1. The van der Waals surface area contributed by atoms with Crippen LogP contribution in [-0.4, -0.2) is 7.11 Å². The average Bonchev–Trinajstić information content (AvgIpc) is 4.08. The molecule has 4 nitrogen and oxygen atoms in total. The molecule has 4 aliphatic carbocycles. The van der Waals surface area contributed by atoms with Crippen LogP contribution in [0.15, 0.2) is 192 Å². The van der Waals surface area contributed by atoms with Gasteiger partial charge in [0.05, 0.1) is 24.2 Å². The van der Waals surface area contributed by atoms with Gasteiger partial charge in [0.1, 0.15) is 11.3 Å². The molecule has 3 fully saturated rings. The number of hydrogen-bond donors (Lipinski definition) is 0. The molecule has 0 radical (unpaired) electrons. The highest BCUT2D eigenvalue weighted by Gasteiger charge is 2.29. The summed E-state index contributed by atoms with van der Waals surface area (Å²) in [5, 5.41) is 9.88. The molecule has 14 rings (SSSR count). The predicted octanol–water partition coefficient (Wildman–Crippen LogP) is 23.7. The van der Waals surface area contributed by atoms with Crippen LogP contribution in [0.5, 0.6) is 0 Å². The van der Waals surface area contributed by atoms with E-state index in [1.165, 1.54) is 198 Å². The molecule has 3 saturated carbocycles. The van der Waals surface area contributed by atoms with Gasteiger partial charge in [0.25, 0.3) is 0 Å². The van der Waals surface area contributed by atoms with Crippen LogP contribution in [0, 0.1) is 11.8 Å². The molecule has 0 saturated heterocycles. The zero-order valence-electron chi connectivity index (χ0n) is 49.4. The highest BCUT2D eigenvalue weighted by atomic mass is 16.5. The molecule has 83 heavy (non-hydrogen) atoms. The fourth-order valence-electron chi connectivity index (χ4n) is 15.8. The second-order valence-corrected chi connectivity index (χ2v) is 25.1. The number of rotatable bonds is 16. The Morgan fingerprint density at radius 2 is 1.06 bits per heavy atom. The molecule has 9 aromatic carbocycles. The summed E-state index contributed by atoms with van der Waals surface area (Å²) >= 11 is 0. The molecule has 10 aromatic rings. The normalized spacial score (nSPS) is 17.3. The van der Waals surface area contributed by atoms with E-state index in [4.69, 9.17) is 9.15 Å². The molecule has 420 valence electrons. The standard InChI is InChI=1S/C79H82N2O2/c1-4-20-53(5-2)51-62-28-18-32-68-69-33-19-34-74(79(69)83-77(62)68)81(64-45-37-57(38-46-64)55-23-11-8-12-24-55)73-50-42-60-39-47-70-72(49-41-59-40-48-71(73)76(60)75(59)70)80(63-43-35-56(36-44-63)54-21-9-6-7-10-22-54)65-29-17-27-61(52-65)67-31-16-15-30-66(78(67)82-3)58-25-13-14-26-58/h15-19,27-30,32-50,52-55,58H,4-14,20-26,31,51H2,1-3H3. The van der Waals surface area contributed by atoms with Crippen molar-refractivity contribution < 1.29 is 9.15 Å². The molecule has 1 heterocycles. The predicted molar refractivity (Wildman–Crippen MR) is 353 cm³/mol. The van der Waals surface area contributed by atoms with E-state index in [9.17, 15) is 0 Å². The largest absolute Gasteiger partial charge is 0.496 e. The monoisotopic (exact) mass is 1090 g/mol. The quantitative estimate of drug-likeness (QED) is 0.0712. The molecule has 4 heteroatoms. The highest BCUT2D eigenvalue weighted by molar-refractivity contribution is 6.28. The lowest BCUT2D eigenvalue weighted by molar-refractivity contribution is 0.293. The molecule has 1 unspecified atom stereocenters. The number of hydrogen-bond acceptors (Lipinski definition) is 4. The van der Waals surface area contributed by atoms with Gasteiger partial charge in [0.2, 0.25) is 0 Å². The van der Waals surface area contributed by atoms with E-state index in [0.29, 0.717) is 23.7 Å². The molecule has 4 aliphatic rings. The molecule has 1 atom stereocenters. The van der Waals surface area contributed by atoms with Crippen molar-refractivity contribution in [2.24, 2.45) is 11.8 Å². The molecular weight excluding hydrogens is 1010 g/mol. The molecule has 0 aliphatic heterocycles. The zero-order chi connectivity index (χ0) is 55.8. The van der Waals surface area contributed by atoms with Crippen LogP contribution in [-0.2, 0) is 11.2 Å². The maximum absolute atomic E-state index is 7.31. The van der Waals surface area contributed by atoms with E-state index >= 15 is 0 Å². The van der Waals surface area contributed by atoms with Crippen molar-refractivity contribution in [2.45, 2.75) is 154 Å². The molecule has 0 bridgehead atoms. The lowest BCUT2D eigenvalue weighted by Gasteiger charge is -2.30. The van der Waals surface area contributed by atoms with Crippen LogP contribution in [0.1, 0.15) is 170 Å². The van der Waals surface area contributed by atoms with E-state index in [1.807, 2.05) is 7.11 Å². The summed E-state index contributed by atoms with van der Waals surface area (Å²) in [6.45, 7) is 4.65. The fourth-order valence-corrected chi connectivity index (χ4v) is 15.8. The summed E-state index contributed by atoms with van der Waals surface area (Å²) in [7, 11) is 1.88. The summed E-state index contributed by atoms with van der Waals surface area (Å²) in [5.41, 5.74) is 16.9. The van der Waals surface area contributed by atoms with Gasteiger partial charge in [0.15, 0.2) is 5.58 Å². The second kappa shape index (κ2) is 23.6. The first-order chi connectivity index (χ1) is 41.0. The molecule has 1 aromatic heterocycles. The van der Waals surface area contributed by atoms with Crippen molar-refractivity contribution in [2.75, 3.05) is 16.9 Å². The number of methoxy groups -OCH3 is 1. The maximum Gasteiger partial charge on any atom is 0.159 e. The molecule has 0 spiro atoms. The number of benzene rings is 9. The maximum atomic E-state index is 7.31. The van der Waals surface area contributed by atoms with E-state index in [1.54, 1.807) is 0 Å². The summed E-state index contributed by atoms with van der Waals surface area (Å²) in [6.07, 6.45) is 31.8. The van der Waals surface area contributed by atoms with Crippen molar-refractivity contribution in [3.8, 4) is 0 Å². The van der Waals surface area contributed by atoms with Crippen LogP contribution < -0.4 is 9.80 Å². The van der Waals surface area contributed by atoms with Gasteiger partial charge in [0, 0.05) is 44.2 Å². The Hall–Kier alpha value is -7.56. The van der Waals surface area contributed by atoms with Crippen LogP contribution in [0.2, 0.25) is 0 Å². The summed E-state index contributed by atoms with van der Waals surface area (Å²) < 4.78 is 13.8. The molecular formula is C79H82N2O2. The Kier molecular flexibility index (Phi) is 15.2. The van der Waals surface area contributed by atoms with Gasteiger partial charge in [-0.3, -0.25) is 0 Å². The van der Waals surface area contributed by atoms with Crippen molar-refractivity contribution in [3.63, 3.8) is 0 Å². The Morgan fingerprint density at radius 3 is 1.69 bits per heavy atom. The van der Waals surface area contributed by atoms with Crippen molar-refractivity contribution >= 4 is 94.0 Å². The minimum atomic E-state index is 0.534. The average molecular weight is 1090 g/mol. The smallest absolute Gasteiger partial charge is 0.159 e. The van der Waals surface area contributed by atoms with Gasteiger partial charge in [-0.25, -0.2) is 0 Å². The van der Waals surface area contributed by atoms with Gasteiger partial charge in [-0.1, -0.05) is 212 Å². The minimum Gasteiger partial charge on any atom is -0.496 e. The lowest BCUT2D eigenvalue weighted by Crippen LogP contribution is -2.12. The van der Waals surface area contributed by atoms with Crippen molar-refractivity contribution in [1.82, 2.24) is 0 Å². The van der Waals surface area contributed by atoms with Gasteiger partial charge in [-0.05, 0) is 179 Å². The number of allylic oxidation sites excluding steroid dienone is 5. The Bertz CT molecular complexity index is 4020. The molecule has 0 amide bonds. The summed E-state index contributed by atoms with van der Waals surface area (Å²) in [6, 6.07) is 61.3. The first-order valence-electron chi connectivity index (χ1n) is 32.2. The van der Waals surface area contributed by atoms with Crippen molar-refractivity contribution in [3.05, 3.63) is 210 Å². The number of anilines is 6. The number of furan rings is 1. The lowest BCUT2D eigenvalue weighted by atomic mass is 9.84. The topological polar surface area (TPSA) is 28.9 Å². The minimum absolute atomic E-state index is 0.534. The van der Waals surface area contributed by atoms with E-state index in [-0.39, 0.29) is 0 Å². The van der Waals surface area contributed by atoms with Gasteiger partial charge in [-0.15, -0.1) is 0 Å². The summed E-state index contributed by atoms with van der Waals surface area (Å²) in [5.74, 6) is 3.45. The SMILES string of the molecule is CCCC(CC)Cc1cccc2c1oc1c(N(c3ccc(C4CCCCC4)cc3)c3ccc4ccc5c(N(c6ccc(C7CCCCCC7)cc6)c6cccc(C7=C(OC)C(C8CCCC8)=CC=CC7)c6)ccc6ccc3c4c65)cccc12. The van der Waals surface area contributed by atoms with E-state index in [0.717, 1.165) is 57.9 Å². The van der Waals surface area contributed by atoms with Crippen LogP contribution in [0.25, 0.3) is 59.8 Å². The van der Waals surface area contributed by atoms with Crippen LogP contribution >= 0.6 is 0 Å². The number of ether oxygens (including phenoxy) is 1. The van der Waals surface area contributed by atoms with Crippen LogP contribution in [0.3, 0.4) is 0 Å². The summed E-state index contributed by atoms with van der Waals surface area (Å²) in [4.78, 5) is 5.06. The first-order valence-corrected chi connectivity index (χ1v) is 32.2. The Labute approximate surface area is 492 Å². The Morgan fingerprint density at radius 1 is 0.506 bits per heavy atom. The van der Waals surface area contributed by atoms with Crippen molar-refractivity contribution in [1.29, 1.82) is 0 Å². The van der Waals surface area contributed by atoms with Gasteiger partial charge in [-0.2, -0.15) is 0 Å². The third-order valence-electron chi connectivity index (χ3n) is 20.1. The highest BCUT2D eigenvalue weighted by Crippen LogP contribution is 2.51. The number of nitrogens with zero attached hydrogens (tertiary/aromatic N) is 2.